The fourth-order valence-electron chi connectivity index (χ4n) is 5.63. The first-order valence-electron chi connectivity index (χ1n) is 12.8. The van der Waals surface area contributed by atoms with E-state index < -0.39 is 29.1 Å². The van der Waals surface area contributed by atoms with Gasteiger partial charge in [-0.25, -0.2) is 0 Å². The van der Waals surface area contributed by atoms with Crippen LogP contribution in [0.4, 0.5) is 26.3 Å². The molecule has 0 aromatic heterocycles. The van der Waals surface area contributed by atoms with Crippen molar-refractivity contribution in [3.8, 4) is 30.3 Å². The van der Waals surface area contributed by atoms with Crippen LogP contribution in [0.15, 0.2) is 71.8 Å². The van der Waals surface area contributed by atoms with Crippen LogP contribution in [-0.2, 0) is 12.4 Å². The number of hydrogen-bond acceptors (Lipinski definition) is 5. The van der Waals surface area contributed by atoms with Crippen molar-refractivity contribution >= 4 is 33.4 Å². The SMILES string of the molecule is CC1=C(c2cccc(C3=C(C#N)c4cc(C(F)(F)F)ccc4C3=C(C#N)C#N)c2)C(=C(C#N)C#N)c2ccc(C(F)(F)F)cc21. The zero-order chi connectivity index (χ0) is 32.8. The number of alkyl halides is 6. The first-order valence-corrected chi connectivity index (χ1v) is 12.8. The molecule has 0 bridgehead atoms. The van der Waals surface area contributed by atoms with E-state index in [-0.39, 0.29) is 61.3 Å². The molecular formula is C34H13F6N5. The average Bonchev–Trinajstić information content (AvgIpc) is 3.49. The van der Waals surface area contributed by atoms with Gasteiger partial charge in [-0.3, -0.25) is 0 Å². The van der Waals surface area contributed by atoms with Gasteiger partial charge in [0.25, 0.3) is 0 Å². The number of nitriles is 5. The molecule has 2 aliphatic carbocycles. The van der Waals surface area contributed by atoms with Gasteiger partial charge in [0.1, 0.15) is 41.5 Å². The summed E-state index contributed by atoms with van der Waals surface area (Å²) in [6.45, 7) is 1.53. The number of fused-ring (bicyclic) bond motifs is 2. The van der Waals surface area contributed by atoms with Gasteiger partial charge in [-0.15, -0.1) is 0 Å². The Labute approximate surface area is 252 Å². The maximum absolute atomic E-state index is 13.6. The molecular weight excluding hydrogens is 592 g/mol. The summed E-state index contributed by atoms with van der Waals surface area (Å²) in [4.78, 5) is 0. The maximum atomic E-state index is 13.6. The van der Waals surface area contributed by atoms with Gasteiger partial charge in [0, 0.05) is 22.3 Å². The molecule has 0 amide bonds. The molecule has 0 spiro atoms. The third-order valence-corrected chi connectivity index (χ3v) is 7.53. The second kappa shape index (κ2) is 10.7. The number of benzene rings is 3. The van der Waals surface area contributed by atoms with Crippen molar-refractivity contribution < 1.29 is 26.3 Å². The van der Waals surface area contributed by atoms with Crippen molar-refractivity contribution in [1.29, 1.82) is 26.3 Å². The van der Waals surface area contributed by atoms with Gasteiger partial charge < -0.3 is 0 Å². The molecule has 3 aromatic carbocycles. The van der Waals surface area contributed by atoms with Crippen LogP contribution in [0.1, 0.15) is 51.4 Å². The summed E-state index contributed by atoms with van der Waals surface area (Å²) >= 11 is 0. The normalized spacial score (nSPS) is 13.7. The Kier molecular flexibility index (Phi) is 7.18. The van der Waals surface area contributed by atoms with Gasteiger partial charge >= 0.3 is 12.4 Å². The Morgan fingerprint density at radius 3 is 1.47 bits per heavy atom. The highest BCUT2D eigenvalue weighted by Gasteiger charge is 2.37. The van der Waals surface area contributed by atoms with Crippen molar-refractivity contribution in [3.63, 3.8) is 0 Å². The third-order valence-electron chi connectivity index (χ3n) is 7.53. The molecule has 3 aromatic rings. The highest BCUT2D eigenvalue weighted by molar-refractivity contribution is 6.27. The number of halogens is 6. The van der Waals surface area contributed by atoms with Crippen LogP contribution in [-0.4, -0.2) is 0 Å². The van der Waals surface area contributed by atoms with E-state index in [0.717, 1.165) is 30.3 Å². The number of nitrogens with zero attached hydrogens (tertiary/aromatic N) is 5. The zero-order valence-electron chi connectivity index (χ0n) is 22.8. The zero-order valence-corrected chi connectivity index (χ0v) is 22.8. The lowest BCUT2D eigenvalue weighted by molar-refractivity contribution is -0.138. The quantitative estimate of drug-likeness (QED) is 0.214. The monoisotopic (exact) mass is 605 g/mol. The van der Waals surface area contributed by atoms with Crippen LogP contribution < -0.4 is 0 Å². The van der Waals surface area contributed by atoms with Crippen LogP contribution in [0, 0.1) is 56.7 Å². The molecule has 0 fully saturated rings. The molecule has 0 saturated heterocycles. The van der Waals surface area contributed by atoms with Crippen LogP contribution in [0.3, 0.4) is 0 Å². The van der Waals surface area contributed by atoms with E-state index in [9.17, 15) is 52.7 Å². The number of rotatable bonds is 2. The van der Waals surface area contributed by atoms with Gasteiger partial charge in [-0.2, -0.15) is 52.7 Å². The summed E-state index contributed by atoms with van der Waals surface area (Å²) in [5.41, 5.74) is -1.62. The predicted molar refractivity (Wildman–Crippen MR) is 151 cm³/mol. The lowest BCUT2D eigenvalue weighted by Crippen LogP contribution is -2.05. The summed E-state index contributed by atoms with van der Waals surface area (Å²) in [6, 6.07) is 20.6. The van der Waals surface area contributed by atoms with E-state index in [4.69, 9.17) is 0 Å². The largest absolute Gasteiger partial charge is 0.416 e. The first-order chi connectivity index (χ1) is 21.3. The topological polar surface area (TPSA) is 119 Å². The van der Waals surface area contributed by atoms with Gasteiger partial charge in [-0.05, 0) is 76.2 Å². The van der Waals surface area contributed by atoms with Crippen LogP contribution >= 0.6 is 0 Å². The molecule has 0 saturated carbocycles. The first kappa shape index (κ1) is 30.1. The molecule has 0 heterocycles. The lowest BCUT2D eigenvalue weighted by atomic mass is 9.88. The Morgan fingerprint density at radius 1 is 0.556 bits per heavy atom. The number of hydrogen-bond donors (Lipinski definition) is 0. The van der Waals surface area contributed by atoms with Crippen molar-refractivity contribution in [2.24, 2.45) is 0 Å². The molecule has 5 nitrogen and oxygen atoms in total. The summed E-state index contributed by atoms with van der Waals surface area (Å²) in [5.74, 6) is 0. The van der Waals surface area contributed by atoms with Crippen LogP contribution in [0.5, 0.6) is 0 Å². The van der Waals surface area contributed by atoms with Crippen molar-refractivity contribution in [3.05, 3.63) is 116 Å². The molecule has 2 aliphatic rings. The molecule has 0 radical (unpaired) electrons. The Balaban J connectivity index is 1.81. The standard InChI is InChI=1S/C34H13F6N5/c1-17-26-10-22(33(35,36)37)5-7-24(26)31(20(12-41)13-42)29(17)18-3-2-4-19(9-18)30-28(16-45)27-11-23(34(38,39)40)6-8-25(27)32(30)21(14-43)15-44/h2-11H,1H3. The van der Waals surface area contributed by atoms with Crippen LogP contribution in [0.25, 0.3) is 33.4 Å². The Morgan fingerprint density at radius 2 is 1.00 bits per heavy atom. The van der Waals surface area contributed by atoms with Crippen LogP contribution in [0.2, 0.25) is 0 Å². The van der Waals surface area contributed by atoms with E-state index in [0.29, 0.717) is 11.1 Å². The van der Waals surface area contributed by atoms with Gasteiger partial charge in [-0.1, -0.05) is 30.3 Å². The minimum atomic E-state index is -4.75. The van der Waals surface area contributed by atoms with Crippen molar-refractivity contribution in [1.82, 2.24) is 0 Å². The molecule has 11 heteroatoms. The van der Waals surface area contributed by atoms with Gasteiger partial charge in [0.05, 0.1) is 16.7 Å². The Hall–Kier alpha value is -6.35. The maximum Gasteiger partial charge on any atom is 0.416 e. The summed E-state index contributed by atoms with van der Waals surface area (Å²) in [7, 11) is 0. The molecule has 45 heavy (non-hydrogen) atoms. The predicted octanol–water partition coefficient (Wildman–Crippen LogP) is 8.72. The fourth-order valence-corrected chi connectivity index (χ4v) is 5.63. The van der Waals surface area contributed by atoms with Gasteiger partial charge in [0.15, 0.2) is 0 Å². The Bertz CT molecular complexity index is 2160. The summed E-state index contributed by atoms with van der Waals surface area (Å²) in [6.07, 6.45) is -9.41. The minimum Gasteiger partial charge on any atom is -0.192 e. The summed E-state index contributed by atoms with van der Waals surface area (Å²) in [5, 5.41) is 49.1. The average molecular weight is 606 g/mol. The van der Waals surface area contributed by atoms with E-state index >= 15 is 0 Å². The van der Waals surface area contributed by atoms with E-state index in [1.807, 2.05) is 6.07 Å². The van der Waals surface area contributed by atoms with Gasteiger partial charge in [0.2, 0.25) is 0 Å². The lowest BCUT2D eigenvalue weighted by Gasteiger charge is -2.13. The molecule has 0 aliphatic heterocycles. The summed E-state index contributed by atoms with van der Waals surface area (Å²) < 4.78 is 81.5. The number of allylic oxidation sites excluding steroid dienone is 8. The van der Waals surface area contributed by atoms with E-state index in [1.165, 1.54) is 31.2 Å². The van der Waals surface area contributed by atoms with E-state index in [1.54, 1.807) is 30.3 Å². The highest BCUT2D eigenvalue weighted by Crippen LogP contribution is 2.52. The van der Waals surface area contributed by atoms with E-state index in [2.05, 4.69) is 0 Å². The second-order valence-electron chi connectivity index (χ2n) is 9.91. The molecule has 216 valence electrons. The molecule has 0 atom stereocenters. The fraction of sp³-hybridized carbons (Fsp3) is 0.0882. The molecule has 0 unspecified atom stereocenters. The molecule has 5 rings (SSSR count). The smallest absolute Gasteiger partial charge is 0.192 e. The molecule has 0 N–H and O–H groups in total. The minimum absolute atomic E-state index is 0.00576. The third kappa shape index (κ3) is 4.82. The van der Waals surface area contributed by atoms with Crippen molar-refractivity contribution in [2.45, 2.75) is 19.3 Å². The highest BCUT2D eigenvalue weighted by atomic mass is 19.4. The second-order valence-corrected chi connectivity index (χ2v) is 9.91. The van der Waals surface area contributed by atoms with Crippen molar-refractivity contribution in [2.75, 3.05) is 0 Å².